The molecule has 0 fully saturated rings. The van der Waals surface area contributed by atoms with Crippen LogP contribution >= 0.6 is 0 Å². The fourth-order valence-electron chi connectivity index (χ4n) is 1.08. The molecular formula is C14H24O. The fourth-order valence-corrected chi connectivity index (χ4v) is 1.08. The molecule has 0 unspecified atom stereocenters. The quantitative estimate of drug-likeness (QED) is 0.481. The topological polar surface area (TPSA) is 17.1 Å². The number of Topliss-reactive ketones (excluding diaryl/α,β-unsaturated/α-hetero) is 1. The second-order valence-electron chi connectivity index (χ2n) is 2.96. The molecule has 0 amide bonds. The normalized spacial score (nSPS) is 11.5. The van der Waals surface area contributed by atoms with Crippen molar-refractivity contribution in [3.05, 3.63) is 36.0 Å². The van der Waals surface area contributed by atoms with Gasteiger partial charge in [-0.05, 0) is 25.8 Å². The van der Waals surface area contributed by atoms with Crippen LogP contribution in [0.25, 0.3) is 0 Å². The summed E-state index contributed by atoms with van der Waals surface area (Å²) in [5.74, 6) is 0.206. The monoisotopic (exact) mass is 208 g/mol. The van der Waals surface area contributed by atoms with E-state index < -0.39 is 0 Å². The van der Waals surface area contributed by atoms with Gasteiger partial charge in [-0.2, -0.15) is 0 Å². The van der Waals surface area contributed by atoms with Gasteiger partial charge in [0.25, 0.3) is 0 Å². The first-order valence-corrected chi connectivity index (χ1v) is 5.66. The van der Waals surface area contributed by atoms with Gasteiger partial charge in [-0.15, -0.1) is 0 Å². The number of allylic oxidation sites excluding steroid dienone is 5. The Morgan fingerprint density at radius 1 is 1.33 bits per heavy atom. The average Bonchev–Trinajstić information content (AvgIpc) is 2.28. The summed E-state index contributed by atoms with van der Waals surface area (Å²) in [7, 11) is 0. The van der Waals surface area contributed by atoms with E-state index in [0.717, 1.165) is 17.6 Å². The largest absolute Gasteiger partial charge is 0.294 e. The van der Waals surface area contributed by atoms with Crippen molar-refractivity contribution in [3.63, 3.8) is 0 Å². The standard InChI is InChI=1S/C12H18O.C2H6/c1-5-8-11(10(4)7-3)12(13)9-6-2;1-2/h5,7-8H,1,6,9H2,2-4H3;1-2H3/b10-7-,11-8+;. The van der Waals surface area contributed by atoms with Gasteiger partial charge >= 0.3 is 0 Å². The van der Waals surface area contributed by atoms with Gasteiger partial charge in [-0.3, -0.25) is 4.79 Å². The fraction of sp³-hybridized carbons (Fsp3) is 0.500. The number of carbonyl (C=O) groups excluding carboxylic acids is 1. The summed E-state index contributed by atoms with van der Waals surface area (Å²) in [6.45, 7) is 13.5. The van der Waals surface area contributed by atoms with Gasteiger partial charge in [0.15, 0.2) is 5.78 Å². The third-order valence-corrected chi connectivity index (χ3v) is 1.92. The van der Waals surface area contributed by atoms with Crippen LogP contribution in [0.5, 0.6) is 0 Å². The second-order valence-corrected chi connectivity index (χ2v) is 2.96. The number of hydrogen-bond donors (Lipinski definition) is 0. The van der Waals surface area contributed by atoms with Crippen LogP contribution in [0.2, 0.25) is 0 Å². The first-order chi connectivity index (χ1) is 7.17. The van der Waals surface area contributed by atoms with E-state index in [2.05, 4.69) is 6.58 Å². The SMILES string of the molecule is C=C/C=C(C(=O)CCC)\C(C)=C/C.CC. The molecule has 0 bridgehead atoms. The lowest BCUT2D eigenvalue weighted by Gasteiger charge is -2.04. The highest BCUT2D eigenvalue weighted by Gasteiger charge is 2.08. The summed E-state index contributed by atoms with van der Waals surface area (Å²) in [5, 5.41) is 0. The smallest absolute Gasteiger partial charge is 0.163 e. The molecule has 86 valence electrons. The lowest BCUT2D eigenvalue weighted by Crippen LogP contribution is -2.02. The molecule has 0 heterocycles. The molecule has 0 atom stereocenters. The molecule has 0 aromatic rings. The van der Waals surface area contributed by atoms with Crippen molar-refractivity contribution in [1.29, 1.82) is 0 Å². The van der Waals surface area contributed by atoms with Crippen LogP contribution in [0.4, 0.5) is 0 Å². The van der Waals surface area contributed by atoms with Crippen molar-refractivity contribution in [1.82, 2.24) is 0 Å². The molecule has 0 radical (unpaired) electrons. The molecule has 1 nitrogen and oxygen atoms in total. The van der Waals surface area contributed by atoms with Gasteiger partial charge in [-0.25, -0.2) is 0 Å². The first-order valence-electron chi connectivity index (χ1n) is 5.66. The Kier molecular flexibility index (Phi) is 11.9. The zero-order chi connectivity index (χ0) is 12.3. The van der Waals surface area contributed by atoms with Crippen LogP contribution < -0.4 is 0 Å². The van der Waals surface area contributed by atoms with E-state index in [-0.39, 0.29) is 5.78 Å². The van der Waals surface area contributed by atoms with Gasteiger partial charge in [0.05, 0.1) is 0 Å². The summed E-state index contributed by atoms with van der Waals surface area (Å²) >= 11 is 0. The molecular weight excluding hydrogens is 184 g/mol. The number of hydrogen-bond acceptors (Lipinski definition) is 1. The van der Waals surface area contributed by atoms with E-state index in [1.807, 2.05) is 40.7 Å². The highest BCUT2D eigenvalue weighted by molar-refractivity contribution is 5.99. The van der Waals surface area contributed by atoms with E-state index >= 15 is 0 Å². The van der Waals surface area contributed by atoms with Crippen molar-refractivity contribution < 1.29 is 4.79 Å². The third kappa shape index (κ3) is 6.89. The Hall–Kier alpha value is -1.11. The Balaban J connectivity index is 0. The van der Waals surface area contributed by atoms with Crippen LogP contribution in [-0.2, 0) is 4.79 Å². The van der Waals surface area contributed by atoms with Gasteiger partial charge in [0.2, 0.25) is 0 Å². The molecule has 0 saturated heterocycles. The number of carbonyl (C=O) groups is 1. The van der Waals surface area contributed by atoms with E-state index in [1.165, 1.54) is 0 Å². The Morgan fingerprint density at radius 2 is 1.87 bits per heavy atom. The van der Waals surface area contributed by atoms with Crippen molar-refractivity contribution in [2.45, 2.75) is 47.5 Å². The van der Waals surface area contributed by atoms with Crippen LogP contribution in [0.15, 0.2) is 36.0 Å². The first kappa shape index (κ1) is 16.3. The predicted octanol–water partition coefficient (Wildman–Crippen LogP) is 4.46. The number of rotatable bonds is 5. The minimum absolute atomic E-state index is 0.206. The zero-order valence-electron chi connectivity index (χ0n) is 10.8. The summed E-state index contributed by atoms with van der Waals surface area (Å²) in [6.07, 6.45) is 6.90. The van der Waals surface area contributed by atoms with E-state index in [1.54, 1.807) is 12.2 Å². The maximum atomic E-state index is 11.6. The molecule has 0 aliphatic rings. The maximum Gasteiger partial charge on any atom is 0.163 e. The molecule has 0 aromatic carbocycles. The summed E-state index contributed by atoms with van der Waals surface area (Å²) < 4.78 is 0. The van der Waals surface area contributed by atoms with E-state index in [0.29, 0.717) is 6.42 Å². The average molecular weight is 208 g/mol. The molecule has 1 heteroatoms. The second kappa shape index (κ2) is 11.0. The summed E-state index contributed by atoms with van der Waals surface area (Å²) in [6, 6.07) is 0. The van der Waals surface area contributed by atoms with Crippen LogP contribution in [0, 0.1) is 0 Å². The molecule has 0 spiro atoms. The van der Waals surface area contributed by atoms with Crippen molar-refractivity contribution >= 4 is 5.78 Å². The summed E-state index contributed by atoms with van der Waals surface area (Å²) in [4.78, 5) is 11.6. The van der Waals surface area contributed by atoms with Crippen molar-refractivity contribution in [2.24, 2.45) is 0 Å². The molecule has 0 saturated carbocycles. The highest BCUT2D eigenvalue weighted by Crippen LogP contribution is 2.13. The summed E-state index contributed by atoms with van der Waals surface area (Å²) in [5.41, 5.74) is 1.82. The molecule has 0 aliphatic heterocycles. The van der Waals surface area contributed by atoms with Crippen molar-refractivity contribution in [2.75, 3.05) is 0 Å². The zero-order valence-corrected chi connectivity index (χ0v) is 10.8. The molecule has 15 heavy (non-hydrogen) atoms. The van der Waals surface area contributed by atoms with Gasteiger partial charge < -0.3 is 0 Å². The van der Waals surface area contributed by atoms with Crippen LogP contribution in [-0.4, -0.2) is 5.78 Å². The Labute approximate surface area is 94.6 Å². The van der Waals surface area contributed by atoms with Crippen LogP contribution in [0.3, 0.4) is 0 Å². The lowest BCUT2D eigenvalue weighted by atomic mass is 10.00. The molecule has 0 N–H and O–H groups in total. The highest BCUT2D eigenvalue weighted by atomic mass is 16.1. The Morgan fingerprint density at radius 3 is 2.20 bits per heavy atom. The van der Waals surface area contributed by atoms with Crippen molar-refractivity contribution in [3.8, 4) is 0 Å². The van der Waals surface area contributed by atoms with E-state index in [4.69, 9.17) is 0 Å². The van der Waals surface area contributed by atoms with E-state index in [9.17, 15) is 4.79 Å². The minimum atomic E-state index is 0.206. The lowest BCUT2D eigenvalue weighted by molar-refractivity contribution is -0.115. The molecule has 0 aromatic heterocycles. The van der Waals surface area contributed by atoms with Gasteiger partial charge in [0.1, 0.15) is 0 Å². The van der Waals surface area contributed by atoms with Gasteiger partial charge in [-0.1, -0.05) is 45.6 Å². The van der Waals surface area contributed by atoms with Crippen LogP contribution in [0.1, 0.15) is 47.5 Å². The predicted molar refractivity (Wildman–Crippen MR) is 69.0 cm³/mol. The molecule has 0 aliphatic carbocycles. The van der Waals surface area contributed by atoms with Gasteiger partial charge in [0, 0.05) is 12.0 Å². The maximum absolute atomic E-state index is 11.6. The number of ketones is 1. The minimum Gasteiger partial charge on any atom is -0.294 e. The Bertz CT molecular complexity index is 244. The molecule has 0 rings (SSSR count). The third-order valence-electron chi connectivity index (χ3n) is 1.92.